The molecule has 0 amide bonds. The Labute approximate surface area is 111 Å². The lowest BCUT2D eigenvalue weighted by atomic mass is 9.90. The van der Waals surface area contributed by atoms with Crippen LogP contribution in [0.25, 0.3) is 11.0 Å². The van der Waals surface area contributed by atoms with Gasteiger partial charge in [-0.05, 0) is 44.3 Å². The second-order valence-electron chi connectivity index (χ2n) is 5.15. The molecule has 3 rings (SSSR count). The van der Waals surface area contributed by atoms with E-state index in [9.17, 15) is 0 Å². The molecule has 3 nitrogen and oxygen atoms in total. The highest BCUT2D eigenvalue weighted by Gasteiger charge is 2.28. The average molecular weight is 265 g/mol. The van der Waals surface area contributed by atoms with Gasteiger partial charge in [0.1, 0.15) is 11.3 Å². The summed E-state index contributed by atoms with van der Waals surface area (Å²) in [4.78, 5) is 2.26. The predicted molar refractivity (Wildman–Crippen MR) is 74.1 cm³/mol. The first-order chi connectivity index (χ1) is 8.63. The van der Waals surface area contributed by atoms with E-state index in [2.05, 4.69) is 18.0 Å². The van der Waals surface area contributed by atoms with Gasteiger partial charge in [-0.25, -0.2) is 0 Å². The van der Waals surface area contributed by atoms with E-state index in [-0.39, 0.29) is 6.04 Å². The normalized spacial score (nSPS) is 25.7. The van der Waals surface area contributed by atoms with Crippen molar-refractivity contribution in [3.63, 3.8) is 0 Å². The van der Waals surface area contributed by atoms with Gasteiger partial charge < -0.3 is 15.1 Å². The Kier molecular flexibility index (Phi) is 3.06. The van der Waals surface area contributed by atoms with Gasteiger partial charge in [-0.15, -0.1) is 0 Å². The van der Waals surface area contributed by atoms with E-state index >= 15 is 0 Å². The fourth-order valence-corrected chi connectivity index (χ4v) is 2.88. The Morgan fingerprint density at radius 2 is 2.22 bits per heavy atom. The molecule has 1 aliphatic heterocycles. The van der Waals surface area contributed by atoms with Crippen molar-refractivity contribution in [2.75, 3.05) is 20.1 Å². The number of benzene rings is 1. The van der Waals surface area contributed by atoms with Gasteiger partial charge in [-0.2, -0.15) is 0 Å². The number of likely N-dealkylation sites (tertiary alicyclic amines) is 1. The zero-order valence-corrected chi connectivity index (χ0v) is 11.2. The molecule has 0 radical (unpaired) electrons. The summed E-state index contributed by atoms with van der Waals surface area (Å²) in [5.74, 6) is 1.31. The Balaban J connectivity index is 1.94. The van der Waals surface area contributed by atoms with Crippen LogP contribution >= 0.6 is 11.6 Å². The molecule has 2 atom stereocenters. The van der Waals surface area contributed by atoms with Crippen molar-refractivity contribution in [2.24, 2.45) is 5.73 Å². The van der Waals surface area contributed by atoms with Crippen molar-refractivity contribution in [3.05, 3.63) is 35.0 Å². The van der Waals surface area contributed by atoms with Gasteiger partial charge in [0.15, 0.2) is 0 Å². The summed E-state index contributed by atoms with van der Waals surface area (Å²) in [5, 5.41) is 1.80. The molecule has 2 N–H and O–H groups in total. The molecule has 1 fully saturated rings. The largest absolute Gasteiger partial charge is 0.461 e. The third kappa shape index (κ3) is 2.14. The van der Waals surface area contributed by atoms with Crippen molar-refractivity contribution in [2.45, 2.75) is 18.4 Å². The summed E-state index contributed by atoms with van der Waals surface area (Å²) in [6, 6.07) is 7.98. The Bertz CT molecular complexity index is 566. The van der Waals surface area contributed by atoms with Crippen molar-refractivity contribution < 1.29 is 4.42 Å². The number of nitrogens with zero attached hydrogens (tertiary/aromatic N) is 1. The Morgan fingerprint density at radius 3 is 3.00 bits per heavy atom. The van der Waals surface area contributed by atoms with Crippen LogP contribution in [0.3, 0.4) is 0 Å². The molecular formula is C14H17ClN2O. The molecule has 2 aromatic rings. The number of hydrogen-bond acceptors (Lipinski definition) is 3. The van der Waals surface area contributed by atoms with Gasteiger partial charge in [0.05, 0.1) is 0 Å². The molecule has 1 aromatic heterocycles. The number of halogens is 1. The number of fused-ring (bicyclic) bond motifs is 1. The number of piperidine rings is 1. The lowest BCUT2D eigenvalue weighted by Gasteiger charge is -2.33. The van der Waals surface area contributed by atoms with Crippen molar-refractivity contribution in [1.29, 1.82) is 0 Å². The maximum atomic E-state index is 6.23. The van der Waals surface area contributed by atoms with Gasteiger partial charge in [0.2, 0.25) is 0 Å². The topological polar surface area (TPSA) is 42.4 Å². The number of rotatable bonds is 1. The number of furan rings is 1. The molecule has 4 heteroatoms. The van der Waals surface area contributed by atoms with E-state index in [0.29, 0.717) is 10.9 Å². The Morgan fingerprint density at radius 1 is 1.39 bits per heavy atom. The maximum absolute atomic E-state index is 6.23. The smallest absolute Gasteiger partial charge is 0.135 e. The van der Waals surface area contributed by atoms with Gasteiger partial charge >= 0.3 is 0 Å². The van der Waals surface area contributed by atoms with Crippen LogP contribution in [0, 0.1) is 0 Å². The fourth-order valence-electron chi connectivity index (χ4n) is 2.71. The van der Waals surface area contributed by atoms with Crippen LogP contribution in [0.2, 0.25) is 5.02 Å². The molecule has 0 aliphatic carbocycles. The molecule has 0 bridgehead atoms. The van der Waals surface area contributed by atoms with E-state index in [0.717, 1.165) is 36.2 Å². The molecule has 1 aliphatic rings. The minimum Gasteiger partial charge on any atom is -0.461 e. The standard InChI is InChI=1S/C14H17ClN2O/c1-17-5-4-11(12(16)8-17)14-6-9-2-3-10(15)7-13(9)18-14/h2-3,6-7,11-12H,4-5,8,16H2,1H3. The van der Waals surface area contributed by atoms with E-state index in [1.807, 2.05) is 18.2 Å². The fraction of sp³-hybridized carbons (Fsp3) is 0.429. The van der Waals surface area contributed by atoms with Gasteiger partial charge in [0.25, 0.3) is 0 Å². The quantitative estimate of drug-likeness (QED) is 0.861. The first-order valence-corrected chi connectivity index (χ1v) is 6.64. The highest BCUT2D eigenvalue weighted by Crippen LogP contribution is 2.32. The molecule has 2 unspecified atom stereocenters. The zero-order valence-electron chi connectivity index (χ0n) is 10.4. The minimum atomic E-state index is 0.139. The summed E-state index contributed by atoms with van der Waals surface area (Å²) in [6.07, 6.45) is 1.05. The van der Waals surface area contributed by atoms with Gasteiger partial charge in [-0.1, -0.05) is 11.6 Å². The SMILES string of the molecule is CN1CCC(c2cc3ccc(Cl)cc3o2)C(N)C1. The summed E-state index contributed by atoms with van der Waals surface area (Å²) in [5.41, 5.74) is 7.08. The summed E-state index contributed by atoms with van der Waals surface area (Å²) in [6.45, 7) is 1.98. The maximum Gasteiger partial charge on any atom is 0.135 e. The lowest BCUT2D eigenvalue weighted by molar-refractivity contribution is 0.216. The molecule has 1 saturated heterocycles. The summed E-state index contributed by atoms with van der Waals surface area (Å²) < 4.78 is 5.91. The second-order valence-corrected chi connectivity index (χ2v) is 5.59. The van der Waals surface area contributed by atoms with E-state index in [1.54, 1.807) is 0 Å². The third-order valence-corrected chi connectivity index (χ3v) is 3.96. The highest BCUT2D eigenvalue weighted by molar-refractivity contribution is 6.31. The highest BCUT2D eigenvalue weighted by atomic mass is 35.5. The van der Waals surface area contributed by atoms with Crippen LogP contribution in [0.4, 0.5) is 0 Å². The van der Waals surface area contributed by atoms with E-state index in [4.69, 9.17) is 21.8 Å². The van der Waals surface area contributed by atoms with Crippen LogP contribution in [-0.4, -0.2) is 31.1 Å². The third-order valence-electron chi connectivity index (χ3n) is 3.73. The van der Waals surface area contributed by atoms with Crippen LogP contribution in [0.5, 0.6) is 0 Å². The number of likely N-dealkylation sites (N-methyl/N-ethyl adjacent to an activating group) is 1. The summed E-state index contributed by atoms with van der Waals surface area (Å²) >= 11 is 5.97. The van der Waals surface area contributed by atoms with E-state index < -0.39 is 0 Å². The van der Waals surface area contributed by atoms with Crippen LogP contribution in [-0.2, 0) is 0 Å². The molecule has 0 spiro atoms. The molecular weight excluding hydrogens is 248 g/mol. The molecule has 1 aromatic carbocycles. The van der Waals surface area contributed by atoms with Crippen molar-refractivity contribution in [3.8, 4) is 0 Å². The first kappa shape index (κ1) is 12.0. The van der Waals surface area contributed by atoms with Crippen LogP contribution < -0.4 is 5.73 Å². The van der Waals surface area contributed by atoms with Crippen LogP contribution in [0.1, 0.15) is 18.1 Å². The van der Waals surface area contributed by atoms with Crippen molar-refractivity contribution in [1.82, 2.24) is 4.90 Å². The molecule has 96 valence electrons. The Hall–Kier alpha value is -1.03. The zero-order chi connectivity index (χ0) is 12.7. The first-order valence-electron chi connectivity index (χ1n) is 6.26. The lowest BCUT2D eigenvalue weighted by Crippen LogP contribution is -2.45. The van der Waals surface area contributed by atoms with Gasteiger partial charge in [-0.3, -0.25) is 0 Å². The van der Waals surface area contributed by atoms with Crippen LogP contribution in [0.15, 0.2) is 28.7 Å². The number of nitrogens with two attached hydrogens (primary N) is 1. The predicted octanol–water partition coefficient (Wildman–Crippen LogP) is 2.83. The summed E-state index contributed by atoms with van der Waals surface area (Å²) in [7, 11) is 2.11. The van der Waals surface area contributed by atoms with Gasteiger partial charge in [0, 0.05) is 28.9 Å². The molecule has 0 saturated carbocycles. The second kappa shape index (κ2) is 4.57. The van der Waals surface area contributed by atoms with E-state index in [1.165, 1.54) is 0 Å². The molecule has 18 heavy (non-hydrogen) atoms. The van der Waals surface area contributed by atoms with Crippen molar-refractivity contribution >= 4 is 22.6 Å². The average Bonchev–Trinajstić information content (AvgIpc) is 2.71. The number of hydrogen-bond donors (Lipinski definition) is 1. The molecule has 2 heterocycles. The minimum absolute atomic E-state index is 0.139. The monoisotopic (exact) mass is 264 g/mol.